The Bertz CT molecular complexity index is 335. The molecular weight excluding hydrogens is 174 g/mol. The molecule has 0 radical (unpaired) electrons. The topological polar surface area (TPSA) is 32.3 Å². The first-order chi connectivity index (χ1) is 6.68. The molecule has 1 aromatic carbocycles. The minimum Gasteiger partial charge on any atom is -0.391 e. The predicted molar refractivity (Wildman–Crippen MR) is 57.3 cm³/mol. The first kappa shape index (κ1) is 9.69. The third-order valence-electron chi connectivity index (χ3n) is 3.08. The lowest BCUT2D eigenvalue weighted by Crippen LogP contribution is -2.20. The third-order valence-corrected chi connectivity index (χ3v) is 3.08. The molecule has 0 bridgehead atoms. The molecule has 2 N–H and O–H groups in total. The zero-order valence-corrected chi connectivity index (χ0v) is 8.75. The molecule has 0 aliphatic carbocycles. The number of hydrogen-bond donors (Lipinski definition) is 2. The van der Waals surface area contributed by atoms with Crippen LogP contribution in [0.4, 0.5) is 0 Å². The second-order valence-corrected chi connectivity index (χ2v) is 4.13. The highest BCUT2D eigenvalue weighted by Crippen LogP contribution is 2.25. The van der Waals surface area contributed by atoms with Crippen molar-refractivity contribution in [3.8, 4) is 0 Å². The van der Waals surface area contributed by atoms with Gasteiger partial charge in [-0.3, -0.25) is 0 Å². The van der Waals surface area contributed by atoms with Gasteiger partial charge in [0.1, 0.15) is 0 Å². The summed E-state index contributed by atoms with van der Waals surface area (Å²) in [5, 5.41) is 13.1. The van der Waals surface area contributed by atoms with Crippen molar-refractivity contribution >= 4 is 0 Å². The summed E-state index contributed by atoms with van der Waals surface area (Å²) < 4.78 is 0. The number of aliphatic hydroxyl groups excluding tert-OH is 1. The van der Waals surface area contributed by atoms with E-state index in [1.807, 2.05) is 0 Å². The van der Waals surface area contributed by atoms with Gasteiger partial charge in [0, 0.05) is 0 Å². The molecule has 1 aromatic rings. The van der Waals surface area contributed by atoms with Gasteiger partial charge in [0.05, 0.1) is 12.1 Å². The van der Waals surface area contributed by atoms with Gasteiger partial charge >= 0.3 is 0 Å². The SMILES string of the molecule is Cc1ccc(C2NCCC2O)cc1C. The van der Waals surface area contributed by atoms with Gasteiger partial charge in [0.2, 0.25) is 0 Å². The number of benzene rings is 1. The molecule has 2 atom stereocenters. The zero-order valence-electron chi connectivity index (χ0n) is 8.75. The monoisotopic (exact) mass is 191 g/mol. The van der Waals surface area contributed by atoms with Gasteiger partial charge < -0.3 is 10.4 Å². The summed E-state index contributed by atoms with van der Waals surface area (Å²) in [5.74, 6) is 0. The maximum atomic E-state index is 9.74. The van der Waals surface area contributed by atoms with E-state index in [4.69, 9.17) is 0 Å². The van der Waals surface area contributed by atoms with Gasteiger partial charge in [-0.25, -0.2) is 0 Å². The molecule has 1 saturated heterocycles. The summed E-state index contributed by atoms with van der Waals surface area (Å²) in [4.78, 5) is 0. The Morgan fingerprint density at radius 1 is 1.29 bits per heavy atom. The van der Waals surface area contributed by atoms with Crippen LogP contribution < -0.4 is 5.32 Å². The van der Waals surface area contributed by atoms with E-state index in [1.165, 1.54) is 16.7 Å². The lowest BCUT2D eigenvalue weighted by atomic mass is 9.99. The Hall–Kier alpha value is -0.860. The summed E-state index contributed by atoms with van der Waals surface area (Å²) in [7, 11) is 0. The van der Waals surface area contributed by atoms with E-state index in [-0.39, 0.29) is 12.1 Å². The number of aryl methyl sites for hydroxylation is 2. The summed E-state index contributed by atoms with van der Waals surface area (Å²) in [5.41, 5.74) is 3.81. The van der Waals surface area contributed by atoms with Crippen molar-refractivity contribution in [3.63, 3.8) is 0 Å². The largest absolute Gasteiger partial charge is 0.391 e. The van der Waals surface area contributed by atoms with Crippen molar-refractivity contribution < 1.29 is 5.11 Å². The van der Waals surface area contributed by atoms with E-state index >= 15 is 0 Å². The summed E-state index contributed by atoms with van der Waals surface area (Å²) in [6.45, 7) is 5.14. The van der Waals surface area contributed by atoms with Crippen LogP contribution in [0.2, 0.25) is 0 Å². The second-order valence-electron chi connectivity index (χ2n) is 4.13. The van der Waals surface area contributed by atoms with Crippen LogP contribution in [0.15, 0.2) is 18.2 Å². The van der Waals surface area contributed by atoms with Crippen molar-refractivity contribution in [3.05, 3.63) is 34.9 Å². The molecule has 0 amide bonds. The maximum absolute atomic E-state index is 9.74. The molecule has 76 valence electrons. The van der Waals surface area contributed by atoms with Crippen molar-refractivity contribution in [2.75, 3.05) is 6.54 Å². The standard InChI is InChI=1S/C12H17NO/c1-8-3-4-10(7-9(8)2)12-11(14)5-6-13-12/h3-4,7,11-14H,5-6H2,1-2H3. The normalized spacial score (nSPS) is 26.8. The summed E-state index contributed by atoms with van der Waals surface area (Å²) in [6, 6.07) is 6.53. The van der Waals surface area contributed by atoms with Crippen LogP contribution in [0, 0.1) is 13.8 Å². The smallest absolute Gasteiger partial charge is 0.0747 e. The van der Waals surface area contributed by atoms with Crippen LogP contribution in [0.25, 0.3) is 0 Å². The number of nitrogens with one attached hydrogen (secondary N) is 1. The highest BCUT2D eigenvalue weighted by molar-refractivity contribution is 5.32. The number of rotatable bonds is 1. The van der Waals surface area contributed by atoms with Gasteiger partial charge in [0.15, 0.2) is 0 Å². The number of aliphatic hydroxyl groups is 1. The zero-order chi connectivity index (χ0) is 10.1. The minimum atomic E-state index is -0.225. The van der Waals surface area contributed by atoms with E-state index in [0.717, 1.165) is 13.0 Å². The van der Waals surface area contributed by atoms with E-state index in [2.05, 4.69) is 37.4 Å². The molecule has 0 spiro atoms. The second kappa shape index (κ2) is 3.71. The van der Waals surface area contributed by atoms with Crippen molar-refractivity contribution in [2.45, 2.75) is 32.4 Å². The summed E-state index contributed by atoms with van der Waals surface area (Å²) >= 11 is 0. The Kier molecular flexibility index (Phi) is 2.57. The van der Waals surface area contributed by atoms with Gasteiger partial charge in [0.25, 0.3) is 0 Å². The van der Waals surface area contributed by atoms with Gasteiger partial charge in [-0.15, -0.1) is 0 Å². The van der Waals surface area contributed by atoms with Crippen LogP contribution in [-0.2, 0) is 0 Å². The van der Waals surface area contributed by atoms with Crippen LogP contribution in [0.1, 0.15) is 29.2 Å². The molecule has 2 unspecified atom stereocenters. The van der Waals surface area contributed by atoms with Gasteiger partial charge in [-0.05, 0) is 43.5 Å². The van der Waals surface area contributed by atoms with Gasteiger partial charge in [-0.1, -0.05) is 18.2 Å². The Balaban J connectivity index is 2.28. The van der Waals surface area contributed by atoms with E-state index in [9.17, 15) is 5.11 Å². The van der Waals surface area contributed by atoms with Gasteiger partial charge in [-0.2, -0.15) is 0 Å². The molecule has 0 saturated carbocycles. The Labute approximate surface area is 85.0 Å². The van der Waals surface area contributed by atoms with Crippen LogP contribution in [0.5, 0.6) is 0 Å². The average Bonchev–Trinajstić information content (AvgIpc) is 2.57. The lowest BCUT2D eigenvalue weighted by molar-refractivity contribution is 0.160. The molecule has 2 heteroatoms. The van der Waals surface area contributed by atoms with E-state index < -0.39 is 0 Å². The minimum absolute atomic E-state index is 0.134. The van der Waals surface area contributed by atoms with E-state index in [1.54, 1.807) is 0 Å². The van der Waals surface area contributed by atoms with Crippen molar-refractivity contribution in [1.82, 2.24) is 5.32 Å². The molecule has 1 heterocycles. The van der Waals surface area contributed by atoms with Crippen LogP contribution in [-0.4, -0.2) is 17.8 Å². The molecule has 1 aliphatic rings. The Morgan fingerprint density at radius 3 is 2.64 bits per heavy atom. The first-order valence-electron chi connectivity index (χ1n) is 5.17. The molecule has 14 heavy (non-hydrogen) atoms. The summed E-state index contributed by atoms with van der Waals surface area (Å²) in [6.07, 6.45) is 0.634. The maximum Gasteiger partial charge on any atom is 0.0747 e. The predicted octanol–water partition coefficient (Wildman–Crippen LogP) is 1.70. The van der Waals surface area contributed by atoms with Crippen molar-refractivity contribution in [1.29, 1.82) is 0 Å². The average molecular weight is 191 g/mol. The Morgan fingerprint density at radius 2 is 2.07 bits per heavy atom. The van der Waals surface area contributed by atoms with Crippen LogP contribution >= 0.6 is 0 Å². The first-order valence-corrected chi connectivity index (χ1v) is 5.17. The number of hydrogen-bond acceptors (Lipinski definition) is 2. The molecule has 2 rings (SSSR count). The van der Waals surface area contributed by atoms with Crippen molar-refractivity contribution in [2.24, 2.45) is 0 Å². The molecular formula is C12H17NO. The quantitative estimate of drug-likeness (QED) is 0.708. The highest BCUT2D eigenvalue weighted by atomic mass is 16.3. The molecule has 2 nitrogen and oxygen atoms in total. The molecule has 0 aromatic heterocycles. The fraction of sp³-hybridized carbons (Fsp3) is 0.500. The highest BCUT2D eigenvalue weighted by Gasteiger charge is 2.25. The molecule has 1 fully saturated rings. The fourth-order valence-corrected chi connectivity index (χ4v) is 1.99. The lowest BCUT2D eigenvalue weighted by Gasteiger charge is -2.16. The van der Waals surface area contributed by atoms with E-state index in [0.29, 0.717) is 0 Å². The molecule has 1 aliphatic heterocycles. The van der Waals surface area contributed by atoms with Crippen LogP contribution in [0.3, 0.4) is 0 Å². The third kappa shape index (κ3) is 1.68. The fourth-order valence-electron chi connectivity index (χ4n) is 1.99.